The fourth-order valence-corrected chi connectivity index (χ4v) is 2.16. The number of hydrogen-bond donors (Lipinski definition) is 1. The lowest BCUT2D eigenvalue weighted by Crippen LogP contribution is -1.95. The lowest BCUT2D eigenvalue weighted by atomic mass is 10.1. The summed E-state index contributed by atoms with van der Waals surface area (Å²) >= 11 is 3.56. The van der Waals surface area contributed by atoms with E-state index in [0.29, 0.717) is 12.4 Å². The zero-order valence-electron chi connectivity index (χ0n) is 9.02. The van der Waals surface area contributed by atoms with Gasteiger partial charge < -0.3 is 10.2 Å². The Balaban J connectivity index is 2.90. The van der Waals surface area contributed by atoms with Crippen LogP contribution in [-0.2, 0) is 6.54 Å². The highest BCUT2D eigenvalue weighted by Gasteiger charge is 2.15. The van der Waals surface area contributed by atoms with E-state index in [1.807, 2.05) is 13.8 Å². The Morgan fingerprint density at radius 1 is 1.20 bits per heavy atom. The molecule has 2 rings (SSSR count). The molecule has 0 unspecified atom stereocenters. The van der Waals surface area contributed by atoms with Crippen LogP contribution >= 0.6 is 15.9 Å². The molecule has 0 amide bonds. The highest BCUT2D eigenvalue weighted by atomic mass is 79.9. The summed E-state index contributed by atoms with van der Waals surface area (Å²) in [6.45, 7) is 6.47. The Morgan fingerprint density at radius 3 is 2.47 bits per heavy atom. The maximum absolute atomic E-state index is 5.60. The summed E-state index contributed by atoms with van der Waals surface area (Å²) in [7, 11) is 0. The Morgan fingerprint density at radius 2 is 1.87 bits per heavy atom. The van der Waals surface area contributed by atoms with Crippen molar-refractivity contribution in [2.75, 3.05) is 0 Å². The monoisotopic (exact) mass is 268 g/mol. The zero-order chi connectivity index (χ0) is 11.2. The van der Waals surface area contributed by atoms with Crippen LogP contribution < -0.4 is 5.73 Å². The molecule has 4 heteroatoms. The number of halogens is 1. The fourth-order valence-electron chi connectivity index (χ4n) is 1.68. The second-order valence-corrected chi connectivity index (χ2v) is 4.47. The second kappa shape index (κ2) is 3.61. The third-order valence-corrected chi connectivity index (χ3v) is 3.95. The third-order valence-electron chi connectivity index (χ3n) is 2.76. The van der Waals surface area contributed by atoms with E-state index in [1.54, 1.807) is 0 Å². The molecular weight excluding hydrogens is 256 g/mol. The molecule has 0 atom stereocenters. The van der Waals surface area contributed by atoms with Gasteiger partial charge in [-0.15, -0.1) is 0 Å². The van der Waals surface area contributed by atoms with Crippen molar-refractivity contribution in [2.45, 2.75) is 27.3 Å². The fraction of sp³-hybridized carbons (Fsp3) is 0.364. The quantitative estimate of drug-likeness (QED) is 0.865. The van der Waals surface area contributed by atoms with Crippen molar-refractivity contribution in [1.29, 1.82) is 0 Å². The Labute approximate surface area is 96.8 Å². The number of hydrogen-bond acceptors (Lipinski definition) is 3. The smallest absolute Gasteiger partial charge is 0.209 e. The average molecular weight is 269 g/mol. The summed E-state index contributed by atoms with van der Waals surface area (Å²) in [6.07, 6.45) is 0. The van der Waals surface area contributed by atoms with E-state index in [0.717, 1.165) is 26.7 Å². The van der Waals surface area contributed by atoms with Gasteiger partial charge in [-0.2, -0.15) is 0 Å². The molecule has 2 N–H and O–H groups in total. The van der Waals surface area contributed by atoms with Crippen LogP contribution in [0, 0.1) is 20.8 Å². The summed E-state index contributed by atoms with van der Waals surface area (Å²) in [5.41, 5.74) is 10.7. The van der Waals surface area contributed by atoms with Crippen LogP contribution in [0.3, 0.4) is 0 Å². The van der Waals surface area contributed by atoms with Crippen LogP contribution in [0.15, 0.2) is 8.89 Å². The molecule has 0 aliphatic carbocycles. The number of aryl methyl sites for hydroxylation is 2. The minimum Gasteiger partial charge on any atom is -0.439 e. The van der Waals surface area contributed by atoms with Crippen molar-refractivity contribution >= 4 is 27.0 Å². The van der Waals surface area contributed by atoms with E-state index in [-0.39, 0.29) is 0 Å². The number of nitrogens with two attached hydrogens (primary N) is 1. The molecule has 0 radical (unpaired) electrons. The molecule has 1 aromatic carbocycles. The summed E-state index contributed by atoms with van der Waals surface area (Å²) in [6, 6.07) is 0. The minimum absolute atomic E-state index is 0.338. The van der Waals surface area contributed by atoms with Crippen molar-refractivity contribution in [1.82, 2.24) is 4.98 Å². The molecule has 2 aromatic rings. The van der Waals surface area contributed by atoms with Crippen LogP contribution in [-0.4, -0.2) is 4.98 Å². The summed E-state index contributed by atoms with van der Waals surface area (Å²) < 4.78 is 6.69. The largest absolute Gasteiger partial charge is 0.439 e. The number of benzene rings is 1. The summed E-state index contributed by atoms with van der Waals surface area (Å²) in [5, 5.41) is 0. The van der Waals surface area contributed by atoms with Crippen LogP contribution in [0.2, 0.25) is 0 Å². The number of nitrogens with zero attached hydrogens (tertiary/aromatic N) is 1. The molecule has 0 spiro atoms. The van der Waals surface area contributed by atoms with Gasteiger partial charge in [-0.1, -0.05) is 15.9 Å². The second-order valence-electron chi connectivity index (χ2n) is 3.68. The predicted octanol–water partition coefficient (Wildman–Crippen LogP) is 2.97. The van der Waals surface area contributed by atoms with Crippen molar-refractivity contribution in [3.63, 3.8) is 0 Å². The highest BCUT2D eigenvalue weighted by molar-refractivity contribution is 9.10. The van der Waals surface area contributed by atoms with Crippen molar-refractivity contribution in [2.24, 2.45) is 5.73 Å². The molecule has 1 heterocycles. The number of rotatable bonds is 1. The van der Waals surface area contributed by atoms with Gasteiger partial charge in [0.1, 0.15) is 5.52 Å². The molecule has 0 saturated heterocycles. The molecule has 15 heavy (non-hydrogen) atoms. The van der Waals surface area contributed by atoms with Gasteiger partial charge in [0.05, 0.1) is 6.54 Å². The van der Waals surface area contributed by atoms with E-state index >= 15 is 0 Å². The van der Waals surface area contributed by atoms with Gasteiger partial charge in [0.15, 0.2) is 5.58 Å². The summed E-state index contributed by atoms with van der Waals surface area (Å²) in [5.74, 6) is 0.591. The Hall–Kier alpha value is -0.870. The van der Waals surface area contributed by atoms with Gasteiger partial charge in [0.25, 0.3) is 0 Å². The molecule has 0 saturated carbocycles. The van der Waals surface area contributed by atoms with Crippen molar-refractivity contribution in [3.8, 4) is 0 Å². The minimum atomic E-state index is 0.338. The van der Waals surface area contributed by atoms with Crippen molar-refractivity contribution < 1.29 is 4.42 Å². The summed E-state index contributed by atoms with van der Waals surface area (Å²) in [4.78, 5) is 4.38. The van der Waals surface area contributed by atoms with E-state index in [2.05, 4.69) is 27.8 Å². The van der Waals surface area contributed by atoms with Gasteiger partial charge in [-0.3, -0.25) is 0 Å². The molecular formula is C11H13BrN2O. The Kier molecular flexibility index (Phi) is 2.56. The first-order valence-corrected chi connectivity index (χ1v) is 5.60. The number of fused-ring (bicyclic) bond motifs is 1. The van der Waals surface area contributed by atoms with Gasteiger partial charge >= 0.3 is 0 Å². The van der Waals surface area contributed by atoms with Gasteiger partial charge in [0.2, 0.25) is 5.89 Å². The maximum atomic E-state index is 5.60. The van der Waals surface area contributed by atoms with Gasteiger partial charge in [-0.05, 0) is 31.9 Å². The molecule has 80 valence electrons. The molecule has 3 nitrogen and oxygen atoms in total. The van der Waals surface area contributed by atoms with Crippen molar-refractivity contribution in [3.05, 3.63) is 27.1 Å². The van der Waals surface area contributed by atoms with Gasteiger partial charge in [0, 0.05) is 10.0 Å². The Bertz CT molecular complexity index is 486. The van der Waals surface area contributed by atoms with Gasteiger partial charge in [-0.25, -0.2) is 4.98 Å². The predicted molar refractivity (Wildman–Crippen MR) is 63.8 cm³/mol. The molecule has 0 aliphatic heterocycles. The lowest BCUT2D eigenvalue weighted by molar-refractivity contribution is 0.531. The molecule has 0 aliphatic rings. The SMILES string of the molecule is Cc1c(Br)c(C)c2oc(CN)nc2c1C. The standard InChI is InChI=1S/C11H13BrN2O/c1-5-6(2)10-11(7(3)9(5)12)15-8(4-13)14-10/h4,13H2,1-3H3. The average Bonchev–Trinajstić information content (AvgIpc) is 2.67. The van der Waals surface area contributed by atoms with Crippen LogP contribution in [0.25, 0.3) is 11.1 Å². The normalized spacial score (nSPS) is 11.3. The maximum Gasteiger partial charge on any atom is 0.209 e. The van der Waals surface area contributed by atoms with E-state index < -0.39 is 0 Å². The first kappa shape index (κ1) is 10.6. The van der Waals surface area contributed by atoms with E-state index in [9.17, 15) is 0 Å². The van der Waals surface area contributed by atoms with E-state index in [1.165, 1.54) is 5.56 Å². The van der Waals surface area contributed by atoms with Crippen LogP contribution in [0.1, 0.15) is 22.6 Å². The topological polar surface area (TPSA) is 52.0 Å². The first-order chi connectivity index (χ1) is 7.06. The lowest BCUT2D eigenvalue weighted by Gasteiger charge is -2.06. The zero-order valence-corrected chi connectivity index (χ0v) is 10.6. The number of oxazole rings is 1. The molecule has 1 aromatic heterocycles. The van der Waals surface area contributed by atoms with Crippen LogP contribution in [0.4, 0.5) is 0 Å². The molecule has 0 fully saturated rings. The van der Waals surface area contributed by atoms with E-state index in [4.69, 9.17) is 10.2 Å². The highest BCUT2D eigenvalue weighted by Crippen LogP contribution is 2.32. The third kappa shape index (κ3) is 1.48. The first-order valence-electron chi connectivity index (χ1n) is 4.81. The molecule has 0 bridgehead atoms. The number of aromatic nitrogens is 1. The van der Waals surface area contributed by atoms with Crippen LogP contribution in [0.5, 0.6) is 0 Å².